The fourth-order valence-electron chi connectivity index (χ4n) is 4.12. The van der Waals surface area contributed by atoms with Crippen molar-refractivity contribution in [2.75, 3.05) is 0 Å². The molecule has 0 aliphatic rings. The first kappa shape index (κ1) is 15.8. The van der Waals surface area contributed by atoms with Crippen LogP contribution in [0.5, 0.6) is 0 Å². The maximum atomic E-state index is 2.26. The van der Waals surface area contributed by atoms with Gasteiger partial charge in [-0.05, 0) is 56.3 Å². The molecule has 0 saturated carbocycles. The standard InChI is InChI=1S/C27H20/c1-19-23-11-5-7-13-25(23)27(26-14-8-6-12-24(19)26)22-17-15-21(16-18-22)20-9-3-2-4-10-20/h2-18H,1H3. The van der Waals surface area contributed by atoms with Crippen molar-refractivity contribution in [3.8, 4) is 22.3 Å². The highest BCUT2D eigenvalue weighted by molar-refractivity contribution is 6.14. The number of benzene rings is 5. The summed E-state index contributed by atoms with van der Waals surface area (Å²) < 4.78 is 0. The normalized spacial score (nSPS) is 11.1. The zero-order valence-corrected chi connectivity index (χ0v) is 15.3. The van der Waals surface area contributed by atoms with Gasteiger partial charge in [-0.25, -0.2) is 0 Å². The van der Waals surface area contributed by atoms with E-state index in [9.17, 15) is 0 Å². The zero-order chi connectivity index (χ0) is 18.2. The van der Waals surface area contributed by atoms with Crippen molar-refractivity contribution in [3.05, 3.63) is 109 Å². The minimum absolute atomic E-state index is 1.25. The second kappa shape index (κ2) is 6.41. The molecule has 0 nitrogen and oxygen atoms in total. The van der Waals surface area contributed by atoms with Crippen LogP contribution >= 0.6 is 0 Å². The number of hydrogen-bond acceptors (Lipinski definition) is 0. The van der Waals surface area contributed by atoms with Gasteiger partial charge in [0.2, 0.25) is 0 Å². The minimum Gasteiger partial charge on any atom is -0.0622 e. The minimum atomic E-state index is 1.25. The Labute approximate surface area is 159 Å². The van der Waals surface area contributed by atoms with Crippen LogP contribution in [0.15, 0.2) is 103 Å². The van der Waals surface area contributed by atoms with Crippen LogP contribution in [-0.4, -0.2) is 0 Å². The molecule has 5 aromatic rings. The molecule has 0 amide bonds. The van der Waals surface area contributed by atoms with Crippen molar-refractivity contribution in [1.29, 1.82) is 0 Å². The largest absolute Gasteiger partial charge is 0.0622 e. The van der Waals surface area contributed by atoms with Crippen molar-refractivity contribution in [1.82, 2.24) is 0 Å². The molecule has 0 heteroatoms. The van der Waals surface area contributed by atoms with Gasteiger partial charge in [0.25, 0.3) is 0 Å². The Morgan fingerprint density at radius 2 is 0.778 bits per heavy atom. The summed E-state index contributed by atoms with van der Waals surface area (Å²) >= 11 is 0. The molecule has 0 spiro atoms. The highest BCUT2D eigenvalue weighted by atomic mass is 14.2. The molecule has 5 aromatic carbocycles. The second-order valence-corrected chi connectivity index (χ2v) is 7.03. The lowest BCUT2D eigenvalue weighted by Crippen LogP contribution is -1.89. The Bertz CT molecular complexity index is 1190. The van der Waals surface area contributed by atoms with Crippen molar-refractivity contribution < 1.29 is 0 Å². The van der Waals surface area contributed by atoms with Crippen molar-refractivity contribution >= 4 is 21.5 Å². The van der Waals surface area contributed by atoms with E-state index in [1.165, 1.54) is 49.4 Å². The van der Waals surface area contributed by atoms with Crippen molar-refractivity contribution in [3.63, 3.8) is 0 Å². The van der Waals surface area contributed by atoms with Gasteiger partial charge in [-0.2, -0.15) is 0 Å². The van der Waals surface area contributed by atoms with Gasteiger partial charge in [-0.1, -0.05) is 103 Å². The van der Waals surface area contributed by atoms with Crippen LogP contribution in [0.25, 0.3) is 43.8 Å². The highest BCUT2D eigenvalue weighted by Gasteiger charge is 2.12. The van der Waals surface area contributed by atoms with E-state index < -0.39 is 0 Å². The van der Waals surface area contributed by atoms with Gasteiger partial charge in [0.1, 0.15) is 0 Å². The fraction of sp³-hybridized carbons (Fsp3) is 0.0370. The smallest absolute Gasteiger partial charge is 0.00266 e. The summed E-state index contributed by atoms with van der Waals surface area (Å²) in [5, 5.41) is 5.30. The molecule has 0 radical (unpaired) electrons. The Kier molecular flexibility index (Phi) is 3.76. The molecule has 0 N–H and O–H groups in total. The molecule has 0 unspecified atom stereocenters. The van der Waals surface area contributed by atoms with E-state index in [2.05, 4.69) is 110 Å². The van der Waals surface area contributed by atoms with E-state index in [0.29, 0.717) is 0 Å². The van der Waals surface area contributed by atoms with Crippen LogP contribution in [0.4, 0.5) is 0 Å². The SMILES string of the molecule is Cc1c2ccccc2c(-c2ccc(-c3ccccc3)cc2)c2ccccc12. The number of aryl methyl sites for hydroxylation is 1. The lowest BCUT2D eigenvalue weighted by atomic mass is 9.88. The molecule has 0 saturated heterocycles. The summed E-state index contributed by atoms with van der Waals surface area (Å²) in [4.78, 5) is 0. The molecule has 0 aromatic heterocycles. The Balaban J connectivity index is 1.78. The molecule has 0 fully saturated rings. The van der Waals surface area contributed by atoms with Crippen molar-refractivity contribution in [2.24, 2.45) is 0 Å². The van der Waals surface area contributed by atoms with E-state index in [-0.39, 0.29) is 0 Å². The summed E-state index contributed by atoms with van der Waals surface area (Å²) in [6.07, 6.45) is 0. The molecule has 0 heterocycles. The zero-order valence-electron chi connectivity index (χ0n) is 15.3. The number of rotatable bonds is 2. The molecule has 27 heavy (non-hydrogen) atoms. The molecule has 5 rings (SSSR count). The van der Waals surface area contributed by atoms with Crippen LogP contribution in [0.3, 0.4) is 0 Å². The summed E-state index contributed by atoms with van der Waals surface area (Å²) in [7, 11) is 0. The summed E-state index contributed by atoms with van der Waals surface area (Å²) in [5.41, 5.74) is 6.45. The Morgan fingerprint density at radius 1 is 0.370 bits per heavy atom. The molecule has 0 aliphatic carbocycles. The maximum Gasteiger partial charge on any atom is -0.00266 e. The van der Waals surface area contributed by atoms with Crippen LogP contribution in [0.1, 0.15) is 5.56 Å². The summed E-state index contributed by atoms with van der Waals surface area (Å²) in [5.74, 6) is 0. The van der Waals surface area contributed by atoms with Gasteiger partial charge < -0.3 is 0 Å². The summed E-state index contributed by atoms with van der Waals surface area (Å²) in [6.45, 7) is 2.23. The van der Waals surface area contributed by atoms with E-state index in [1.807, 2.05) is 0 Å². The lowest BCUT2D eigenvalue weighted by molar-refractivity contribution is 1.57. The fourth-order valence-corrected chi connectivity index (χ4v) is 4.12. The van der Waals surface area contributed by atoms with Gasteiger partial charge in [-0.3, -0.25) is 0 Å². The second-order valence-electron chi connectivity index (χ2n) is 7.03. The van der Waals surface area contributed by atoms with Crippen LogP contribution in [0, 0.1) is 6.92 Å². The predicted octanol–water partition coefficient (Wildman–Crippen LogP) is 7.64. The molecule has 0 atom stereocenters. The van der Waals surface area contributed by atoms with Crippen LogP contribution in [-0.2, 0) is 0 Å². The third-order valence-corrected chi connectivity index (χ3v) is 5.48. The van der Waals surface area contributed by atoms with Gasteiger partial charge >= 0.3 is 0 Å². The highest BCUT2D eigenvalue weighted by Crippen LogP contribution is 2.39. The van der Waals surface area contributed by atoms with Gasteiger partial charge in [0, 0.05) is 0 Å². The van der Waals surface area contributed by atoms with Crippen molar-refractivity contribution in [2.45, 2.75) is 6.92 Å². The molecule has 0 bridgehead atoms. The number of hydrogen-bond donors (Lipinski definition) is 0. The van der Waals surface area contributed by atoms with E-state index in [0.717, 1.165) is 0 Å². The summed E-state index contributed by atoms with van der Waals surface area (Å²) in [6, 6.07) is 37.0. The van der Waals surface area contributed by atoms with E-state index >= 15 is 0 Å². The van der Waals surface area contributed by atoms with Crippen LogP contribution < -0.4 is 0 Å². The third-order valence-electron chi connectivity index (χ3n) is 5.48. The quantitative estimate of drug-likeness (QED) is 0.289. The Morgan fingerprint density at radius 3 is 1.33 bits per heavy atom. The molecule has 128 valence electrons. The third kappa shape index (κ3) is 2.62. The average molecular weight is 344 g/mol. The van der Waals surface area contributed by atoms with Gasteiger partial charge in [0.05, 0.1) is 0 Å². The Hall–Kier alpha value is -3.38. The first-order valence-corrected chi connectivity index (χ1v) is 9.39. The van der Waals surface area contributed by atoms with Gasteiger partial charge in [0.15, 0.2) is 0 Å². The molecule has 0 aliphatic heterocycles. The first-order chi connectivity index (χ1) is 13.3. The average Bonchev–Trinajstić information content (AvgIpc) is 2.75. The maximum absolute atomic E-state index is 2.26. The molecular weight excluding hydrogens is 324 g/mol. The molecular formula is C27H20. The van der Waals surface area contributed by atoms with E-state index in [1.54, 1.807) is 0 Å². The topological polar surface area (TPSA) is 0 Å². The van der Waals surface area contributed by atoms with Crippen LogP contribution in [0.2, 0.25) is 0 Å². The van der Waals surface area contributed by atoms with Gasteiger partial charge in [-0.15, -0.1) is 0 Å². The van der Waals surface area contributed by atoms with E-state index in [4.69, 9.17) is 0 Å². The number of fused-ring (bicyclic) bond motifs is 2. The predicted molar refractivity (Wildman–Crippen MR) is 117 cm³/mol. The monoisotopic (exact) mass is 344 g/mol. The lowest BCUT2D eigenvalue weighted by Gasteiger charge is -2.15. The first-order valence-electron chi connectivity index (χ1n) is 9.39.